The number of aromatic nitrogens is 1. The van der Waals surface area contributed by atoms with Crippen LogP contribution in [0.25, 0.3) is 10.8 Å². The number of pyridine rings is 1. The Kier molecular flexibility index (Phi) is 10.5. The van der Waals surface area contributed by atoms with E-state index in [1.165, 1.54) is 11.0 Å². The van der Waals surface area contributed by atoms with Crippen molar-refractivity contribution < 1.29 is 37.1 Å². The molecule has 3 heterocycles. The van der Waals surface area contributed by atoms with E-state index >= 15 is 0 Å². The van der Waals surface area contributed by atoms with Gasteiger partial charge in [0, 0.05) is 23.0 Å². The van der Waals surface area contributed by atoms with Gasteiger partial charge in [-0.2, -0.15) is 0 Å². The number of alkyl carbamates (subject to hydrolysis) is 1. The van der Waals surface area contributed by atoms with Crippen LogP contribution in [0.5, 0.6) is 5.88 Å². The second kappa shape index (κ2) is 14.3. The lowest BCUT2D eigenvalue weighted by Gasteiger charge is -2.36. The third kappa shape index (κ3) is 7.64. The number of fused-ring (bicyclic) bond motifs is 3. The van der Waals surface area contributed by atoms with Crippen molar-refractivity contribution in [3.05, 3.63) is 47.1 Å². The van der Waals surface area contributed by atoms with Gasteiger partial charge < -0.3 is 25.0 Å². The molecule has 1 aromatic carbocycles. The van der Waals surface area contributed by atoms with E-state index in [0.717, 1.165) is 40.1 Å². The second-order valence-corrected chi connectivity index (χ2v) is 18.5. The standard InChI is InChI=1S/C35H43Br2N5O8S/c1-5-21-18-35(21,32(45)41-51(47,48)22-12-13-22)40-29(43)23-17-24-28(37)42(23)31(44)27(34(2,3)4)39-33(46)49-16-8-6-7-9-20-11-10-19-14-15-38-30(50-24)25(19)26(20)36/h5,10-11,14-15,21-24,27-28H,1,6-9,12-13,16-18H2,2-4H3,(H,39,46)(H,40,43)(H,41,45)/t21-,23+,24-,27-,28?,35-/m1/s1. The summed E-state index contributed by atoms with van der Waals surface area (Å²) in [6, 6.07) is 3.61. The van der Waals surface area contributed by atoms with Crippen LogP contribution >= 0.6 is 31.9 Å². The predicted octanol–water partition coefficient (Wildman–Crippen LogP) is 4.60. The molecule has 1 unspecified atom stereocenters. The molecule has 6 rings (SSSR count). The van der Waals surface area contributed by atoms with Crippen molar-refractivity contribution in [2.75, 3.05) is 6.61 Å². The van der Waals surface area contributed by atoms with Crippen LogP contribution in [0.3, 0.4) is 0 Å². The first-order chi connectivity index (χ1) is 24.1. The fourth-order valence-electron chi connectivity index (χ4n) is 6.81. The molecular weight excluding hydrogens is 810 g/mol. The number of carbonyl (C=O) groups excluding carboxylic acids is 4. The maximum absolute atomic E-state index is 14.6. The van der Waals surface area contributed by atoms with Gasteiger partial charge in [0.05, 0.1) is 17.2 Å². The Bertz CT molecular complexity index is 1870. The molecule has 13 nitrogen and oxygen atoms in total. The first kappa shape index (κ1) is 37.5. The molecule has 6 atom stereocenters. The Morgan fingerprint density at radius 1 is 1.16 bits per heavy atom. The summed E-state index contributed by atoms with van der Waals surface area (Å²) in [4.78, 5) is 60.5. The minimum atomic E-state index is -3.90. The topological polar surface area (TPSA) is 173 Å². The van der Waals surface area contributed by atoms with Crippen LogP contribution in [-0.2, 0) is 35.6 Å². The molecule has 16 heteroatoms. The maximum Gasteiger partial charge on any atom is 0.407 e. The van der Waals surface area contributed by atoms with Gasteiger partial charge in [-0.1, -0.05) is 54.9 Å². The van der Waals surface area contributed by atoms with Crippen LogP contribution in [-0.4, -0.2) is 82.7 Å². The number of hydrogen-bond acceptors (Lipinski definition) is 9. The zero-order chi connectivity index (χ0) is 36.9. The molecule has 2 aliphatic heterocycles. The highest BCUT2D eigenvalue weighted by Crippen LogP contribution is 2.46. The second-order valence-electron chi connectivity index (χ2n) is 14.9. The highest BCUT2D eigenvalue weighted by atomic mass is 79.9. The van der Waals surface area contributed by atoms with E-state index in [1.54, 1.807) is 27.0 Å². The van der Waals surface area contributed by atoms with Crippen LogP contribution in [0.1, 0.15) is 71.3 Å². The number of benzene rings is 1. The van der Waals surface area contributed by atoms with Gasteiger partial charge in [-0.25, -0.2) is 18.2 Å². The minimum absolute atomic E-state index is 0.0129. The van der Waals surface area contributed by atoms with Crippen molar-refractivity contribution >= 4 is 76.5 Å². The number of amides is 4. The van der Waals surface area contributed by atoms with Gasteiger partial charge >= 0.3 is 6.09 Å². The molecule has 1 aromatic heterocycles. The number of nitrogens with zero attached hydrogens (tertiary/aromatic N) is 2. The van der Waals surface area contributed by atoms with Crippen molar-refractivity contribution in [3.8, 4) is 5.88 Å². The summed E-state index contributed by atoms with van der Waals surface area (Å²) in [6.07, 6.45) is 5.67. The van der Waals surface area contributed by atoms with Crippen LogP contribution in [0.15, 0.2) is 41.5 Å². The Hall–Kier alpha value is -3.24. The van der Waals surface area contributed by atoms with E-state index in [1.807, 2.05) is 18.2 Å². The van der Waals surface area contributed by atoms with Crippen molar-refractivity contribution in [3.63, 3.8) is 0 Å². The van der Waals surface area contributed by atoms with E-state index < -0.39 is 79.1 Å². The van der Waals surface area contributed by atoms with Crippen molar-refractivity contribution in [1.82, 2.24) is 25.2 Å². The fraction of sp³-hybridized carbons (Fsp3) is 0.571. The predicted molar refractivity (Wildman–Crippen MR) is 196 cm³/mol. The lowest BCUT2D eigenvalue weighted by molar-refractivity contribution is -0.143. The average Bonchev–Trinajstić information content (AvgIpc) is 3.99. The molecular formula is C35H43Br2N5O8S. The molecule has 1 saturated heterocycles. The molecule has 3 N–H and O–H groups in total. The van der Waals surface area contributed by atoms with Crippen LogP contribution in [0.2, 0.25) is 0 Å². The highest BCUT2D eigenvalue weighted by molar-refractivity contribution is 9.10. The summed E-state index contributed by atoms with van der Waals surface area (Å²) in [5.74, 6) is -2.32. The monoisotopic (exact) mass is 851 g/mol. The van der Waals surface area contributed by atoms with Crippen molar-refractivity contribution in [2.24, 2.45) is 11.3 Å². The molecule has 3 fully saturated rings. The SMILES string of the molecule is C=C[C@@H]1C[C@]1(NC(=O)[C@@H]1C[C@H]2Oc3nccc4ccc(c(Br)c34)CCCCCOC(=O)N[C@@H](C(C)(C)C)C(=O)N1C2Br)C(=O)NS(=O)(=O)C1CC1. The summed E-state index contributed by atoms with van der Waals surface area (Å²) in [6.45, 7) is 9.31. The van der Waals surface area contributed by atoms with E-state index in [9.17, 15) is 27.6 Å². The van der Waals surface area contributed by atoms with Gasteiger partial charge in [-0.15, -0.1) is 6.58 Å². The van der Waals surface area contributed by atoms with Gasteiger partial charge in [0.25, 0.3) is 5.91 Å². The third-order valence-electron chi connectivity index (χ3n) is 10.0. The van der Waals surface area contributed by atoms with Gasteiger partial charge in [-0.05, 0) is 83.3 Å². The fourth-order valence-corrected chi connectivity index (χ4v) is 9.72. The van der Waals surface area contributed by atoms with E-state index in [0.29, 0.717) is 25.1 Å². The lowest BCUT2D eigenvalue weighted by atomic mass is 9.85. The molecule has 0 radical (unpaired) electrons. The number of sulfonamides is 1. The summed E-state index contributed by atoms with van der Waals surface area (Å²) in [5.41, 5.74) is -1.32. The molecule has 0 spiro atoms. The van der Waals surface area contributed by atoms with Crippen molar-refractivity contribution in [1.29, 1.82) is 0 Å². The molecule has 2 saturated carbocycles. The Balaban J connectivity index is 1.37. The molecule has 2 aromatic rings. The number of ether oxygens (including phenoxy) is 2. The zero-order valence-electron chi connectivity index (χ0n) is 28.7. The Morgan fingerprint density at radius 3 is 2.57 bits per heavy atom. The van der Waals surface area contributed by atoms with Gasteiger partial charge in [-0.3, -0.25) is 19.1 Å². The third-order valence-corrected chi connectivity index (χ3v) is 13.8. The van der Waals surface area contributed by atoms with Crippen LogP contribution in [0, 0.1) is 11.3 Å². The number of alkyl halides is 1. The van der Waals surface area contributed by atoms with Gasteiger partial charge in [0.1, 0.15) is 28.7 Å². The van der Waals surface area contributed by atoms with Gasteiger partial charge in [0.15, 0.2) is 0 Å². The lowest BCUT2D eigenvalue weighted by Crippen LogP contribution is -2.61. The number of aryl methyl sites for hydroxylation is 1. The molecule has 276 valence electrons. The highest BCUT2D eigenvalue weighted by Gasteiger charge is 2.62. The summed E-state index contributed by atoms with van der Waals surface area (Å²) < 4.78 is 40.4. The summed E-state index contributed by atoms with van der Waals surface area (Å²) in [5, 5.41) is 6.53. The normalized spacial score (nSPS) is 28.9. The first-order valence-electron chi connectivity index (χ1n) is 17.2. The van der Waals surface area contributed by atoms with Crippen molar-refractivity contribution in [2.45, 2.75) is 106 Å². The quantitative estimate of drug-likeness (QED) is 0.213. The number of nitrogens with one attached hydrogen (secondary N) is 3. The Morgan fingerprint density at radius 2 is 1.90 bits per heavy atom. The number of hydrogen-bond donors (Lipinski definition) is 3. The van der Waals surface area contributed by atoms with E-state index in [-0.39, 0.29) is 19.4 Å². The minimum Gasteiger partial charge on any atom is -0.471 e. The first-order valence-corrected chi connectivity index (χ1v) is 20.5. The number of cyclic esters (lactones) is 1. The molecule has 4 amide bonds. The zero-order valence-corrected chi connectivity index (χ0v) is 32.7. The number of halogens is 2. The largest absolute Gasteiger partial charge is 0.471 e. The van der Waals surface area contributed by atoms with Crippen LogP contribution in [0.4, 0.5) is 4.79 Å². The molecule has 4 bridgehead atoms. The summed E-state index contributed by atoms with van der Waals surface area (Å²) in [7, 11) is -3.90. The molecule has 4 aliphatic rings. The van der Waals surface area contributed by atoms with E-state index in [2.05, 4.69) is 58.8 Å². The van der Waals surface area contributed by atoms with Gasteiger partial charge in [0.2, 0.25) is 27.7 Å². The number of carbonyl (C=O) groups is 4. The smallest absolute Gasteiger partial charge is 0.407 e. The van der Waals surface area contributed by atoms with Crippen LogP contribution < -0.4 is 20.1 Å². The molecule has 51 heavy (non-hydrogen) atoms. The number of rotatable bonds is 6. The Labute approximate surface area is 314 Å². The molecule has 2 aliphatic carbocycles. The van der Waals surface area contributed by atoms with E-state index in [4.69, 9.17) is 9.47 Å². The maximum atomic E-state index is 14.6. The summed E-state index contributed by atoms with van der Waals surface area (Å²) >= 11 is 7.44. The average molecular weight is 854 g/mol.